The molecule has 0 saturated carbocycles. The SMILES string of the molecule is COc1cccc2c1NCC(C)CN2. The average Bonchev–Trinajstić information content (AvgIpc) is 2.41. The minimum atomic E-state index is 0.632. The Hall–Kier alpha value is -1.38. The summed E-state index contributed by atoms with van der Waals surface area (Å²) in [4.78, 5) is 0. The number of fused-ring (bicyclic) bond motifs is 1. The number of anilines is 2. The maximum atomic E-state index is 5.30. The summed E-state index contributed by atoms with van der Waals surface area (Å²) < 4.78 is 5.30. The van der Waals surface area contributed by atoms with E-state index in [1.54, 1.807) is 7.11 Å². The van der Waals surface area contributed by atoms with Crippen LogP contribution in [-0.4, -0.2) is 20.2 Å². The molecule has 3 nitrogen and oxygen atoms in total. The molecule has 1 atom stereocenters. The molecule has 14 heavy (non-hydrogen) atoms. The summed E-state index contributed by atoms with van der Waals surface area (Å²) in [5, 5.41) is 6.81. The van der Waals surface area contributed by atoms with Gasteiger partial charge in [-0.2, -0.15) is 0 Å². The van der Waals surface area contributed by atoms with Crippen molar-refractivity contribution >= 4 is 11.4 Å². The van der Waals surface area contributed by atoms with Gasteiger partial charge < -0.3 is 15.4 Å². The standard InChI is InChI=1S/C11H16N2O/c1-8-6-12-9-4-3-5-10(14-2)11(9)13-7-8/h3-5,8,12-13H,6-7H2,1-2H3. The molecule has 1 aromatic rings. The molecular formula is C11H16N2O. The molecule has 1 aromatic carbocycles. The third kappa shape index (κ3) is 1.62. The third-order valence-corrected chi connectivity index (χ3v) is 2.51. The zero-order chi connectivity index (χ0) is 9.97. The first-order valence-corrected chi connectivity index (χ1v) is 4.96. The molecule has 1 heterocycles. The van der Waals surface area contributed by atoms with Gasteiger partial charge in [0, 0.05) is 13.1 Å². The number of rotatable bonds is 1. The van der Waals surface area contributed by atoms with Gasteiger partial charge >= 0.3 is 0 Å². The van der Waals surface area contributed by atoms with Gasteiger partial charge in [-0.15, -0.1) is 0 Å². The second-order valence-electron chi connectivity index (χ2n) is 3.75. The van der Waals surface area contributed by atoms with Crippen LogP contribution < -0.4 is 15.4 Å². The second kappa shape index (κ2) is 3.78. The number of hydrogen-bond acceptors (Lipinski definition) is 3. The molecule has 0 aromatic heterocycles. The van der Waals surface area contributed by atoms with Gasteiger partial charge in [-0.3, -0.25) is 0 Å². The first kappa shape index (κ1) is 9.19. The van der Waals surface area contributed by atoms with Gasteiger partial charge in [0.05, 0.1) is 12.8 Å². The molecule has 3 heteroatoms. The highest BCUT2D eigenvalue weighted by molar-refractivity contribution is 5.76. The number of para-hydroxylation sites is 1. The minimum Gasteiger partial charge on any atom is -0.495 e. The first-order chi connectivity index (χ1) is 6.81. The molecule has 1 aliphatic heterocycles. The predicted octanol–water partition coefficient (Wildman–Crippen LogP) is 2.17. The van der Waals surface area contributed by atoms with Crippen molar-refractivity contribution in [2.75, 3.05) is 30.8 Å². The fraction of sp³-hybridized carbons (Fsp3) is 0.455. The first-order valence-electron chi connectivity index (χ1n) is 4.96. The van der Waals surface area contributed by atoms with Crippen LogP contribution in [0.25, 0.3) is 0 Å². The van der Waals surface area contributed by atoms with E-state index in [9.17, 15) is 0 Å². The molecule has 1 aliphatic rings. The Bertz CT molecular complexity index is 325. The zero-order valence-electron chi connectivity index (χ0n) is 8.63. The van der Waals surface area contributed by atoms with Crippen molar-refractivity contribution in [3.8, 4) is 5.75 Å². The Kier molecular flexibility index (Phi) is 2.48. The van der Waals surface area contributed by atoms with Crippen molar-refractivity contribution in [1.82, 2.24) is 0 Å². The molecule has 76 valence electrons. The molecule has 2 N–H and O–H groups in total. The molecule has 1 unspecified atom stereocenters. The third-order valence-electron chi connectivity index (χ3n) is 2.51. The van der Waals surface area contributed by atoms with Crippen LogP contribution in [0.4, 0.5) is 11.4 Å². The summed E-state index contributed by atoms with van der Waals surface area (Å²) in [5.74, 6) is 1.54. The van der Waals surface area contributed by atoms with Gasteiger partial charge in [0.25, 0.3) is 0 Å². The van der Waals surface area contributed by atoms with E-state index in [4.69, 9.17) is 4.74 Å². The highest BCUT2D eigenvalue weighted by Gasteiger charge is 2.14. The van der Waals surface area contributed by atoms with Crippen molar-refractivity contribution in [3.05, 3.63) is 18.2 Å². The molecule has 0 fully saturated rings. The summed E-state index contributed by atoms with van der Waals surface area (Å²) in [6.45, 7) is 4.21. The number of hydrogen-bond donors (Lipinski definition) is 2. The maximum Gasteiger partial charge on any atom is 0.144 e. The van der Waals surface area contributed by atoms with Gasteiger partial charge in [-0.1, -0.05) is 13.0 Å². The monoisotopic (exact) mass is 192 g/mol. The molecule has 0 aliphatic carbocycles. The lowest BCUT2D eigenvalue weighted by Gasteiger charge is -2.12. The number of methoxy groups -OCH3 is 1. The van der Waals surface area contributed by atoms with E-state index in [2.05, 4.69) is 23.6 Å². The van der Waals surface area contributed by atoms with Crippen LogP contribution in [0, 0.1) is 5.92 Å². The van der Waals surface area contributed by atoms with Gasteiger partial charge in [0.15, 0.2) is 0 Å². The molecule has 2 rings (SSSR count). The van der Waals surface area contributed by atoms with Crippen molar-refractivity contribution in [2.24, 2.45) is 5.92 Å². The van der Waals surface area contributed by atoms with Gasteiger partial charge in [-0.05, 0) is 18.1 Å². The van der Waals surface area contributed by atoms with E-state index in [0.29, 0.717) is 5.92 Å². The van der Waals surface area contributed by atoms with Crippen molar-refractivity contribution in [1.29, 1.82) is 0 Å². The van der Waals surface area contributed by atoms with Crippen LogP contribution in [0.3, 0.4) is 0 Å². The molecule has 0 bridgehead atoms. The summed E-state index contributed by atoms with van der Waals surface area (Å²) in [6, 6.07) is 6.05. The molecule has 0 saturated heterocycles. The Labute approximate surface area is 84.5 Å². The van der Waals surface area contributed by atoms with Gasteiger partial charge in [0.2, 0.25) is 0 Å². The van der Waals surface area contributed by atoms with Crippen molar-refractivity contribution in [3.63, 3.8) is 0 Å². The lowest BCUT2D eigenvalue weighted by molar-refractivity contribution is 0.416. The van der Waals surface area contributed by atoms with E-state index in [1.165, 1.54) is 0 Å². The van der Waals surface area contributed by atoms with Crippen LogP contribution >= 0.6 is 0 Å². The van der Waals surface area contributed by atoms with E-state index in [1.807, 2.05) is 12.1 Å². The number of benzene rings is 1. The molecule has 0 radical (unpaired) electrons. The molecule has 0 spiro atoms. The molecular weight excluding hydrogens is 176 g/mol. The Morgan fingerprint density at radius 1 is 1.29 bits per heavy atom. The highest BCUT2D eigenvalue weighted by atomic mass is 16.5. The van der Waals surface area contributed by atoms with Gasteiger partial charge in [-0.25, -0.2) is 0 Å². The summed E-state index contributed by atoms with van der Waals surface area (Å²) in [6.07, 6.45) is 0. The van der Waals surface area contributed by atoms with Crippen LogP contribution in [-0.2, 0) is 0 Å². The van der Waals surface area contributed by atoms with Crippen molar-refractivity contribution in [2.45, 2.75) is 6.92 Å². The van der Waals surface area contributed by atoms with Crippen LogP contribution in [0.1, 0.15) is 6.92 Å². The average molecular weight is 192 g/mol. The second-order valence-corrected chi connectivity index (χ2v) is 3.75. The normalized spacial score (nSPS) is 20.0. The number of nitrogens with one attached hydrogen (secondary N) is 2. The van der Waals surface area contributed by atoms with Crippen LogP contribution in [0.5, 0.6) is 5.75 Å². The Balaban J connectivity index is 2.35. The topological polar surface area (TPSA) is 33.3 Å². The van der Waals surface area contributed by atoms with Crippen LogP contribution in [0.15, 0.2) is 18.2 Å². The fourth-order valence-corrected chi connectivity index (χ4v) is 1.66. The summed E-state index contributed by atoms with van der Waals surface area (Å²) >= 11 is 0. The Morgan fingerprint density at radius 3 is 2.86 bits per heavy atom. The van der Waals surface area contributed by atoms with E-state index >= 15 is 0 Å². The highest BCUT2D eigenvalue weighted by Crippen LogP contribution is 2.33. The quantitative estimate of drug-likeness (QED) is 0.715. The maximum absolute atomic E-state index is 5.30. The van der Waals surface area contributed by atoms with Gasteiger partial charge in [0.1, 0.15) is 11.4 Å². The lowest BCUT2D eigenvalue weighted by atomic mass is 10.2. The van der Waals surface area contributed by atoms with E-state index < -0.39 is 0 Å². The van der Waals surface area contributed by atoms with Crippen LogP contribution in [0.2, 0.25) is 0 Å². The summed E-state index contributed by atoms with van der Waals surface area (Å²) in [7, 11) is 1.70. The minimum absolute atomic E-state index is 0.632. The fourth-order valence-electron chi connectivity index (χ4n) is 1.66. The smallest absolute Gasteiger partial charge is 0.144 e. The molecule has 0 amide bonds. The Morgan fingerprint density at radius 2 is 2.07 bits per heavy atom. The van der Waals surface area contributed by atoms with E-state index in [0.717, 1.165) is 30.2 Å². The number of ether oxygens (including phenoxy) is 1. The largest absolute Gasteiger partial charge is 0.495 e. The van der Waals surface area contributed by atoms with E-state index in [-0.39, 0.29) is 0 Å². The zero-order valence-corrected chi connectivity index (χ0v) is 8.63. The van der Waals surface area contributed by atoms with Crippen molar-refractivity contribution < 1.29 is 4.74 Å². The summed E-state index contributed by atoms with van der Waals surface area (Å²) in [5.41, 5.74) is 2.22. The lowest BCUT2D eigenvalue weighted by Crippen LogP contribution is -2.14. The predicted molar refractivity (Wildman–Crippen MR) is 59.1 cm³/mol.